The van der Waals surface area contributed by atoms with E-state index in [0.29, 0.717) is 12.3 Å². The van der Waals surface area contributed by atoms with Gasteiger partial charge in [0.15, 0.2) is 0 Å². The second-order valence-electron chi connectivity index (χ2n) is 5.21. The van der Waals surface area contributed by atoms with E-state index in [9.17, 15) is 5.11 Å². The van der Waals surface area contributed by atoms with E-state index in [1.54, 1.807) is 25.5 Å². The van der Waals surface area contributed by atoms with Gasteiger partial charge in [-0.15, -0.1) is 0 Å². The van der Waals surface area contributed by atoms with Gasteiger partial charge in [-0.05, 0) is 18.9 Å². The molecule has 0 saturated carbocycles. The summed E-state index contributed by atoms with van der Waals surface area (Å²) >= 11 is 0. The first-order valence-electron chi connectivity index (χ1n) is 6.11. The van der Waals surface area contributed by atoms with Gasteiger partial charge in [-0.3, -0.25) is 0 Å². The first-order valence-corrected chi connectivity index (χ1v) is 6.11. The lowest BCUT2D eigenvalue weighted by Crippen LogP contribution is -2.26. The van der Waals surface area contributed by atoms with Gasteiger partial charge in [-0.2, -0.15) is 5.10 Å². The van der Waals surface area contributed by atoms with Crippen LogP contribution in [0.5, 0.6) is 0 Å². The maximum Gasteiger partial charge on any atom is 0.138 e. The van der Waals surface area contributed by atoms with Crippen molar-refractivity contribution in [3.63, 3.8) is 0 Å². The summed E-state index contributed by atoms with van der Waals surface area (Å²) in [6.45, 7) is 6.81. The number of aliphatic hydroxyl groups is 1. The van der Waals surface area contributed by atoms with Gasteiger partial charge >= 0.3 is 0 Å². The van der Waals surface area contributed by atoms with Gasteiger partial charge in [0.25, 0.3) is 0 Å². The molecular weight excluding hydrogens is 230 g/mol. The summed E-state index contributed by atoms with van der Waals surface area (Å²) in [5, 5.41) is 14.7. The van der Waals surface area contributed by atoms with Crippen LogP contribution in [0.25, 0.3) is 0 Å². The Labute approximate surface area is 106 Å². The zero-order chi connectivity index (χ0) is 13.2. The lowest BCUT2D eigenvalue weighted by molar-refractivity contribution is 0.0534. The Bertz CT molecular complexity index is 486. The highest BCUT2D eigenvalue weighted by Gasteiger charge is 2.27. The van der Waals surface area contributed by atoms with Crippen LogP contribution in [-0.4, -0.2) is 19.9 Å². The van der Waals surface area contributed by atoms with Crippen LogP contribution >= 0.6 is 0 Å². The zero-order valence-corrected chi connectivity index (χ0v) is 11.0. The summed E-state index contributed by atoms with van der Waals surface area (Å²) in [5.74, 6) is 1.28. The molecule has 2 aromatic heterocycles. The quantitative estimate of drug-likeness (QED) is 0.880. The van der Waals surface area contributed by atoms with Gasteiger partial charge in [0, 0.05) is 18.5 Å². The fourth-order valence-electron chi connectivity index (χ4n) is 1.90. The van der Waals surface area contributed by atoms with Gasteiger partial charge in [0.1, 0.15) is 12.2 Å². The highest BCUT2D eigenvalue weighted by molar-refractivity contribution is 5.17. The van der Waals surface area contributed by atoms with E-state index in [4.69, 9.17) is 4.42 Å². The van der Waals surface area contributed by atoms with Gasteiger partial charge < -0.3 is 9.52 Å². The predicted molar refractivity (Wildman–Crippen MR) is 66.8 cm³/mol. The molecule has 0 radical (unpaired) electrons. The zero-order valence-electron chi connectivity index (χ0n) is 11.0. The molecule has 0 aliphatic rings. The molecule has 0 fully saturated rings. The molecule has 2 heterocycles. The standard InChI is InChI=1S/C13H19N3O2/c1-10(2)7-16-12(14-9-15-16)6-13(3,17)11-4-5-18-8-11/h4-5,8-10,17H,6-7H2,1-3H3. The van der Waals surface area contributed by atoms with Gasteiger partial charge in [0.2, 0.25) is 0 Å². The molecule has 2 aromatic rings. The summed E-state index contributed by atoms with van der Waals surface area (Å²) < 4.78 is 6.86. The lowest BCUT2D eigenvalue weighted by Gasteiger charge is -2.21. The maximum absolute atomic E-state index is 10.5. The van der Waals surface area contributed by atoms with E-state index in [-0.39, 0.29) is 0 Å². The third-order valence-corrected chi connectivity index (χ3v) is 2.88. The Morgan fingerprint density at radius 1 is 1.50 bits per heavy atom. The Kier molecular flexibility index (Phi) is 3.52. The molecule has 5 heteroatoms. The fourth-order valence-corrected chi connectivity index (χ4v) is 1.90. The van der Waals surface area contributed by atoms with Crippen LogP contribution in [0, 0.1) is 5.92 Å². The minimum absolute atomic E-state index is 0.416. The van der Waals surface area contributed by atoms with E-state index in [0.717, 1.165) is 17.9 Å². The summed E-state index contributed by atoms with van der Waals surface area (Å²) in [4.78, 5) is 4.23. The van der Waals surface area contributed by atoms with Crippen molar-refractivity contribution >= 4 is 0 Å². The van der Waals surface area contributed by atoms with Crippen molar-refractivity contribution in [3.8, 4) is 0 Å². The van der Waals surface area contributed by atoms with Crippen LogP contribution < -0.4 is 0 Å². The van der Waals surface area contributed by atoms with Crippen LogP contribution in [0.4, 0.5) is 0 Å². The highest BCUT2D eigenvalue weighted by Crippen LogP contribution is 2.24. The molecule has 0 saturated heterocycles. The number of furan rings is 1. The fraction of sp³-hybridized carbons (Fsp3) is 0.538. The minimum atomic E-state index is -0.991. The lowest BCUT2D eigenvalue weighted by atomic mass is 9.95. The van der Waals surface area contributed by atoms with Gasteiger partial charge in [-0.25, -0.2) is 9.67 Å². The van der Waals surface area contributed by atoms with Crippen LogP contribution in [-0.2, 0) is 18.6 Å². The van der Waals surface area contributed by atoms with Gasteiger partial charge in [-0.1, -0.05) is 13.8 Å². The molecular formula is C13H19N3O2. The molecule has 18 heavy (non-hydrogen) atoms. The summed E-state index contributed by atoms with van der Waals surface area (Å²) in [6, 6.07) is 1.77. The second-order valence-corrected chi connectivity index (χ2v) is 5.21. The Balaban J connectivity index is 2.16. The van der Waals surface area contributed by atoms with Crippen LogP contribution in [0.1, 0.15) is 32.2 Å². The molecule has 5 nitrogen and oxygen atoms in total. The summed E-state index contributed by atoms with van der Waals surface area (Å²) in [5.41, 5.74) is -0.240. The molecule has 98 valence electrons. The maximum atomic E-state index is 10.5. The summed E-state index contributed by atoms with van der Waals surface area (Å²) in [6.07, 6.45) is 5.06. The number of hydrogen-bond donors (Lipinski definition) is 1. The third kappa shape index (κ3) is 2.79. The molecule has 0 aliphatic carbocycles. The molecule has 1 atom stereocenters. The first-order chi connectivity index (χ1) is 8.49. The number of aromatic nitrogens is 3. The van der Waals surface area contributed by atoms with Crippen molar-refractivity contribution in [2.45, 2.75) is 39.3 Å². The van der Waals surface area contributed by atoms with E-state index in [2.05, 4.69) is 23.9 Å². The molecule has 2 rings (SSSR count). The van der Waals surface area contributed by atoms with Crippen LogP contribution in [0.15, 0.2) is 29.3 Å². The molecule has 0 aromatic carbocycles. The smallest absolute Gasteiger partial charge is 0.138 e. The van der Waals surface area contributed by atoms with Crippen LogP contribution in [0.2, 0.25) is 0 Å². The van der Waals surface area contributed by atoms with Crippen molar-refractivity contribution < 1.29 is 9.52 Å². The summed E-state index contributed by atoms with van der Waals surface area (Å²) in [7, 11) is 0. The SMILES string of the molecule is CC(C)Cn1ncnc1CC(C)(O)c1ccoc1. The van der Waals surface area contributed by atoms with Crippen LogP contribution in [0.3, 0.4) is 0 Å². The predicted octanol–water partition coefficient (Wildman–Crippen LogP) is 1.98. The second kappa shape index (κ2) is 4.94. The minimum Gasteiger partial charge on any atom is -0.472 e. The Morgan fingerprint density at radius 3 is 2.89 bits per heavy atom. The molecule has 1 unspecified atom stereocenters. The number of nitrogens with zero attached hydrogens (tertiary/aromatic N) is 3. The molecule has 0 aliphatic heterocycles. The number of rotatable bonds is 5. The third-order valence-electron chi connectivity index (χ3n) is 2.88. The monoisotopic (exact) mass is 249 g/mol. The average Bonchev–Trinajstić information content (AvgIpc) is 2.89. The van der Waals surface area contributed by atoms with Crippen molar-refractivity contribution in [1.29, 1.82) is 0 Å². The number of hydrogen-bond acceptors (Lipinski definition) is 4. The topological polar surface area (TPSA) is 64.1 Å². The Hall–Kier alpha value is -1.62. The average molecular weight is 249 g/mol. The highest BCUT2D eigenvalue weighted by atomic mass is 16.3. The molecule has 1 N–H and O–H groups in total. The van der Waals surface area contributed by atoms with Crippen molar-refractivity contribution in [1.82, 2.24) is 14.8 Å². The Morgan fingerprint density at radius 2 is 2.28 bits per heavy atom. The van der Waals surface area contributed by atoms with Crippen molar-refractivity contribution in [2.24, 2.45) is 5.92 Å². The van der Waals surface area contributed by atoms with Crippen molar-refractivity contribution in [3.05, 3.63) is 36.3 Å². The first kappa shape index (κ1) is 12.8. The normalized spacial score (nSPS) is 14.9. The molecule has 0 amide bonds. The van der Waals surface area contributed by atoms with E-state index >= 15 is 0 Å². The molecule has 0 bridgehead atoms. The largest absolute Gasteiger partial charge is 0.472 e. The van der Waals surface area contributed by atoms with Crippen molar-refractivity contribution in [2.75, 3.05) is 0 Å². The van der Waals surface area contributed by atoms with E-state index in [1.165, 1.54) is 6.33 Å². The van der Waals surface area contributed by atoms with E-state index in [1.807, 2.05) is 4.68 Å². The molecule has 0 spiro atoms. The van der Waals surface area contributed by atoms with E-state index < -0.39 is 5.60 Å². The van der Waals surface area contributed by atoms with Gasteiger partial charge in [0.05, 0.1) is 18.1 Å².